The molecule has 0 fully saturated rings. The summed E-state index contributed by atoms with van der Waals surface area (Å²) in [5, 5.41) is 9.16. The van der Waals surface area contributed by atoms with Crippen molar-refractivity contribution in [2.75, 3.05) is 7.11 Å². The molecule has 0 amide bonds. The molecule has 1 aliphatic heterocycles. The molecule has 1 aromatic rings. The summed E-state index contributed by atoms with van der Waals surface area (Å²) in [5.41, 5.74) is 1.85. The predicted octanol–water partition coefficient (Wildman–Crippen LogP) is 1.94. The minimum absolute atomic E-state index is 0. The maximum absolute atomic E-state index is 11.3. The fourth-order valence-corrected chi connectivity index (χ4v) is 1.77. The lowest BCUT2D eigenvalue weighted by atomic mass is 10.1. The third kappa shape index (κ3) is 2.97. The van der Waals surface area contributed by atoms with Crippen molar-refractivity contribution in [3.05, 3.63) is 29.8 Å². The summed E-state index contributed by atoms with van der Waals surface area (Å²) in [7, 11) is 1.37. The number of rotatable bonds is 2. The van der Waals surface area contributed by atoms with E-state index in [1.54, 1.807) is 24.3 Å². The normalized spacial score (nSPS) is 18.2. The van der Waals surface area contributed by atoms with Crippen LogP contribution in [-0.4, -0.2) is 29.9 Å². The summed E-state index contributed by atoms with van der Waals surface area (Å²) in [5.74, 6) is -0.0550. The first-order valence-electron chi connectivity index (χ1n) is 5.14. The molecule has 1 aromatic carbocycles. The first-order valence-corrected chi connectivity index (χ1v) is 5.14. The molecule has 17 heavy (non-hydrogen) atoms. The summed E-state index contributed by atoms with van der Waals surface area (Å²) in [6.45, 7) is 0. The van der Waals surface area contributed by atoms with E-state index in [-0.39, 0.29) is 30.2 Å². The molecule has 0 saturated heterocycles. The average molecular weight is 256 g/mol. The van der Waals surface area contributed by atoms with Gasteiger partial charge in [0.2, 0.25) is 0 Å². The molecule has 1 unspecified atom stereocenters. The summed E-state index contributed by atoms with van der Waals surface area (Å²) >= 11 is 0. The number of carbonyl (C=O) groups is 1. The Hall–Kier alpha value is -1.55. The van der Waals surface area contributed by atoms with Crippen molar-refractivity contribution in [3.63, 3.8) is 0 Å². The van der Waals surface area contributed by atoms with Crippen LogP contribution in [-0.2, 0) is 9.53 Å². The van der Waals surface area contributed by atoms with E-state index in [9.17, 15) is 4.79 Å². The Kier molecular flexibility index (Phi) is 4.52. The Morgan fingerprint density at radius 2 is 2.06 bits per heavy atom. The number of methoxy groups -OCH3 is 1. The van der Waals surface area contributed by atoms with Crippen molar-refractivity contribution in [2.24, 2.45) is 4.99 Å². The molecule has 1 N–H and O–H groups in total. The monoisotopic (exact) mass is 255 g/mol. The van der Waals surface area contributed by atoms with Crippen molar-refractivity contribution < 1.29 is 14.6 Å². The number of hydrogen-bond acceptors (Lipinski definition) is 4. The van der Waals surface area contributed by atoms with Gasteiger partial charge in [-0.15, -0.1) is 12.4 Å². The van der Waals surface area contributed by atoms with E-state index in [1.807, 2.05) is 0 Å². The van der Waals surface area contributed by atoms with Crippen LogP contribution in [0.2, 0.25) is 0 Å². The van der Waals surface area contributed by atoms with E-state index in [0.717, 1.165) is 17.7 Å². The first kappa shape index (κ1) is 13.5. The van der Waals surface area contributed by atoms with Gasteiger partial charge in [0, 0.05) is 5.71 Å². The fourth-order valence-electron chi connectivity index (χ4n) is 1.77. The van der Waals surface area contributed by atoms with Crippen LogP contribution in [0.3, 0.4) is 0 Å². The molecule has 2 rings (SSSR count). The smallest absolute Gasteiger partial charge is 0.330 e. The molecule has 92 valence electrons. The van der Waals surface area contributed by atoms with Gasteiger partial charge in [-0.3, -0.25) is 4.99 Å². The lowest BCUT2D eigenvalue weighted by molar-refractivity contribution is -0.141. The SMILES string of the molecule is COC(=O)C1CCC(c2ccc(O)cc2)=N1.Cl. The lowest BCUT2D eigenvalue weighted by Gasteiger charge is -2.02. The zero-order valence-electron chi connectivity index (χ0n) is 9.42. The number of carbonyl (C=O) groups excluding carboxylic acids is 1. The fraction of sp³-hybridized carbons (Fsp3) is 0.333. The van der Waals surface area contributed by atoms with Gasteiger partial charge in [-0.2, -0.15) is 0 Å². The standard InChI is InChI=1S/C12H13NO3.ClH/c1-16-12(15)11-7-6-10(13-11)8-2-4-9(14)5-3-8;/h2-5,11,14H,6-7H2,1H3;1H. The van der Waals surface area contributed by atoms with Crippen LogP contribution in [0.4, 0.5) is 0 Å². The van der Waals surface area contributed by atoms with Gasteiger partial charge in [0.25, 0.3) is 0 Å². The van der Waals surface area contributed by atoms with E-state index in [1.165, 1.54) is 7.11 Å². The quantitative estimate of drug-likeness (QED) is 0.822. The average Bonchev–Trinajstić information content (AvgIpc) is 2.78. The Morgan fingerprint density at radius 3 is 2.65 bits per heavy atom. The highest BCUT2D eigenvalue weighted by Gasteiger charge is 2.25. The highest BCUT2D eigenvalue weighted by atomic mass is 35.5. The van der Waals surface area contributed by atoms with Crippen molar-refractivity contribution in [2.45, 2.75) is 18.9 Å². The lowest BCUT2D eigenvalue weighted by Crippen LogP contribution is -2.16. The number of aliphatic imine (C=N–C) groups is 1. The van der Waals surface area contributed by atoms with E-state index >= 15 is 0 Å². The zero-order chi connectivity index (χ0) is 11.5. The Morgan fingerprint density at radius 1 is 1.41 bits per heavy atom. The summed E-state index contributed by atoms with van der Waals surface area (Å²) in [4.78, 5) is 15.6. The third-order valence-electron chi connectivity index (χ3n) is 2.64. The van der Waals surface area contributed by atoms with E-state index in [0.29, 0.717) is 6.42 Å². The topological polar surface area (TPSA) is 58.9 Å². The minimum atomic E-state index is -0.367. The zero-order valence-corrected chi connectivity index (χ0v) is 10.2. The van der Waals surface area contributed by atoms with E-state index in [2.05, 4.69) is 9.73 Å². The number of phenolic OH excluding ortho intramolecular Hbond substituents is 1. The van der Waals surface area contributed by atoms with Crippen molar-refractivity contribution >= 4 is 24.1 Å². The van der Waals surface area contributed by atoms with Crippen LogP contribution in [0.25, 0.3) is 0 Å². The number of ether oxygens (including phenoxy) is 1. The number of nitrogens with zero attached hydrogens (tertiary/aromatic N) is 1. The molecule has 4 nitrogen and oxygen atoms in total. The summed E-state index contributed by atoms with van der Waals surface area (Å²) < 4.78 is 4.65. The molecule has 1 aliphatic rings. The second kappa shape index (κ2) is 5.68. The molecule has 0 spiro atoms. The molecular weight excluding hydrogens is 242 g/mol. The Balaban J connectivity index is 0.00000144. The maximum Gasteiger partial charge on any atom is 0.330 e. The van der Waals surface area contributed by atoms with Gasteiger partial charge < -0.3 is 9.84 Å². The number of benzene rings is 1. The van der Waals surface area contributed by atoms with Gasteiger partial charge in [0.1, 0.15) is 11.8 Å². The van der Waals surface area contributed by atoms with Crippen molar-refractivity contribution in [1.82, 2.24) is 0 Å². The Labute approximate surface area is 106 Å². The molecule has 1 heterocycles. The molecule has 0 saturated carbocycles. The minimum Gasteiger partial charge on any atom is -0.508 e. The molecule has 0 aromatic heterocycles. The van der Waals surface area contributed by atoms with Gasteiger partial charge >= 0.3 is 5.97 Å². The maximum atomic E-state index is 11.3. The second-order valence-electron chi connectivity index (χ2n) is 3.70. The third-order valence-corrected chi connectivity index (χ3v) is 2.64. The van der Waals surface area contributed by atoms with E-state index < -0.39 is 0 Å². The molecule has 0 bridgehead atoms. The first-order chi connectivity index (χ1) is 7.70. The largest absolute Gasteiger partial charge is 0.508 e. The Bertz CT molecular complexity index is 428. The van der Waals surface area contributed by atoms with Crippen molar-refractivity contribution in [3.8, 4) is 5.75 Å². The van der Waals surface area contributed by atoms with Crippen LogP contribution in [0.1, 0.15) is 18.4 Å². The van der Waals surface area contributed by atoms with Gasteiger partial charge in [0.05, 0.1) is 7.11 Å². The van der Waals surface area contributed by atoms with Crippen LogP contribution >= 0.6 is 12.4 Å². The van der Waals surface area contributed by atoms with Crippen molar-refractivity contribution in [1.29, 1.82) is 0 Å². The number of esters is 1. The predicted molar refractivity (Wildman–Crippen MR) is 66.9 cm³/mol. The highest BCUT2D eigenvalue weighted by molar-refractivity contribution is 6.03. The van der Waals surface area contributed by atoms with Gasteiger partial charge in [-0.05, 0) is 42.7 Å². The van der Waals surface area contributed by atoms with Gasteiger partial charge in [-0.25, -0.2) is 4.79 Å². The number of phenols is 1. The molecule has 0 aliphatic carbocycles. The van der Waals surface area contributed by atoms with E-state index in [4.69, 9.17) is 5.11 Å². The molecule has 5 heteroatoms. The van der Waals surface area contributed by atoms with Crippen LogP contribution in [0.5, 0.6) is 5.75 Å². The molecule has 0 radical (unpaired) electrons. The van der Waals surface area contributed by atoms with Gasteiger partial charge in [0.15, 0.2) is 0 Å². The molecular formula is C12H14ClNO3. The van der Waals surface area contributed by atoms with Crippen LogP contribution in [0.15, 0.2) is 29.3 Å². The highest BCUT2D eigenvalue weighted by Crippen LogP contribution is 2.20. The van der Waals surface area contributed by atoms with Crippen LogP contribution in [0, 0.1) is 0 Å². The number of halogens is 1. The second-order valence-corrected chi connectivity index (χ2v) is 3.70. The number of aromatic hydroxyl groups is 1. The summed E-state index contributed by atoms with van der Waals surface area (Å²) in [6.07, 6.45) is 1.47. The van der Waals surface area contributed by atoms with Gasteiger partial charge in [-0.1, -0.05) is 0 Å². The summed E-state index contributed by atoms with van der Waals surface area (Å²) in [6, 6.07) is 6.46. The molecule has 1 atom stereocenters. The number of hydrogen-bond donors (Lipinski definition) is 1. The van der Waals surface area contributed by atoms with Crippen LogP contribution < -0.4 is 0 Å².